The summed E-state index contributed by atoms with van der Waals surface area (Å²) in [7, 11) is -2.19. The van der Waals surface area contributed by atoms with Crippen LogP contribution in [0.15, 0.2) is 41.3 Å². The quantitative estimate of drug-likeness (QED) is 0.660. The van der Waals surface area contributed by atoms with Gasteiger partial charge in [-0.15, -0.1) is 0 Å². The van der Waals surface area contributed by atoms with Gasteiger partial charge in [0.2, 0.25) is 15.9 Å². The summed E-state index contributed by atoms with van der Waals surface area (Å²) < 4.78 is 33.0. The molecule has 2 aromatic rings. The van der Waals surface area contributed by atoms with Gasteiger partial charge >= 0.3 is 0 Å². The van der Waals surface area contributed by atoms with Gasteiger partial charge in [-0.25, -0.2) is 8.42 Å². The van der Waals surface area contributed by atoms with Crippen molar-refractivity contribution in [2.75, 3.05) is 25.5 Å². The molecule has 0 bridgehead atoms. The molecule has 1 aliphatic heterocycles. The van der Waals surface area contributed by atoms with Crippen LogP contribution in [0.1, 0.15) is 31.2 Å². The number of amides is 1. The number of nitrogens with zero attached hydrogens (tertiary/aromatic N) is 1. The van der Waals surface area contributed by atoms with E-state index in [1.807, 2.05) is 0 Å². The third kappa shape index (κ3) is 5.46. The zero-order chi connectivity index (χ0) is 21.7. The first kappa shape index (κ1) is 22.9. The highest BCUT2D eigenvalue weighted by molar-refractivity contribution is 7.89. The Bertz CT molecular complexity index is 1020. The number of rotatable bonds is 6. The lowest BCUT2D eigenvalue weighted by Gasteiger charge is -2.21. The Morgan fingerprint density at radius 1 is 1.07 bits per heavy atom. The van der Waals surface area contributed by atoms with Gasteiger partial charge in [0.05, 0.1) is 24.1 Å². The number of carbonyl (C=O) groups is 1. The Morgan fingerprint density at radius 3 is 2.40 bits per heavy atom. The molecule has 1 fully saturated rings. The number of ether oxygens (including phenoxy) is 1. The summed E-state index contributed by atoms with van der Waals surface area (Å²) in [5, 5.41) is 3.62. The number of sulfonamides is 1. The zero-order valence-corrected chi connectivity index (χ0v) is 19.0. The van der Waals surface area contributed by atoms with E-state index in [4.69, 9.17) is 27.9 Å². The Hall–Kier alpha value is -1.80. The number of benzene rings is 2. The maximum atomic E-state index is 13.1. The molecule has 3 rings (SSSR count). The topological polar surface area (TPSA) is 75.7 Å². The summed E-state index contributed by atoms with van der Waals surface area (Å²) in [4.78, 5) is 12.7. The summed E-state index contributed by atoms with van der Waals surface area (Å²) >= 11 is 12.0. The predicted octanol–water partition coefficient (Wildman–Crippen LogP) is 4.75. The largest absolute Gasteiger partial charge is 0.495 e. The van der Waals surface area contributed by atoms with Gasteiger partial charge in [0.15, 0.2) is 0 Å². The summed E-state index contributed by atoms with van der Waals surface area (Å²) in [5.41, 5.74) is 0.911. The summed E-state index contributed by atoms with van der Waals surface area (Å²) in [6.45, 7) is 1.01. The molecule has 0 aliphatic carbocycles. The average Bonchev–Trinajstić information content (AvgIpc) is 3.00. The maximum absolute atomic E-state index is 13.1. The Kier molecular flexibility index (Phi) is 7.63. The van der Waals surface area contributed by atoms with Gasteiger partial charge in [0.1, 0.15) is 5.75 Å². The van der Waals surface area contributed by atoms with Crippen LogP contribution >= 0.6 is 23.2 Å². The minimum absolute atomic E-state index is 0.0161. The molecule has 0 unspecified atom stereocenters. The van der Waals surface area contributed by atoms with Crippen molar-refractivity contribution in [1.82, 2.24) is 4.31 Å². The van der Waals surface area contributed by atoms with Gasteiger partial charge in [0.25, 0.3) is 0 Å². The molecular weight excluding hydrogens is 447 g/mol. The van der Waals surface area contributed by atoms with E-state index in [1.54, 1.807) is 24.3 Å². The fourth-order valence-electron chi connectivity index (χ4n) is 3.41. The van der Waals surface area contributed by atoms with E-state index >= 15 is 0 Å². The molecule has 0 radical (unpaired) electrons. The highest BCUT2D eigenvalue weighted by atomic mass is 35.5. The van der Waals surface area contributed by atoms with Crippen LogP contribution in [0, 0.1) is 0 Å². The second-order valence-electron chi connectivity index (χ2n) is 7.14. The highest BCUT2D eigenvalue weighted by Crippen LogP contribution is 2.30. The second kappa shape index (κ2) is 10.0. The number of carbonyl (C=O) groups excluding carboxylic acids is 1. The van der Waals surface area contributed by atoms with Crippen molar-refractivity contribution in [3.05, 3.63) is 52.0 Å². The third-order valence-corrected chi connectivity index (χ3v) is 7.50. The van der Waals surface area contributed by atoms with Crippen LogP contribution in [0.5, 0.6) is 5.75 Å². The van der Waals surface area contributed by atoms with Crippen LogP contribution in [-0.4, -0.2) is 38.8 Å². The van der Waals surface area contributed by atoms with Gasteiger partial charge in [-0.05, 0) is 48.7 Å². The molecule has 0 spiro atoms. The Labute approximate surface area is 187 Å². The van der Waals surface area contributed by atoms with E-state index in [9.17, 15) is 13.2 Å². The van der Waals surface area contributed by atoms with Gasteiger partial charge in [-0.3, -0.25) is 4.79 Å². The molecule has 162 valence electrons. The molecule has 1 saturated heterocycles. The minimum atomic E-state index is -3.65. The van der Waals surface area contributed by atoms with E-state index in [2.05, 4.69) is 5.32 Å². The fourth-order valence-corrected chi connectivity index (χ4v) is 5.43. The van der Waals surface area contributed by atoms with Crippen molar-refractivity contribution in [3.63, 3.8) is 0 Å². The number of hydrogen-bond acceptors (Lipinski definition) is 4. The molecule has 9 heteroatoms. The normalized spacial score (nSPS) is 15.4. The van der Waals surface area contributed by atoms with Crippen molar-refractivity contribution >= 4 is 44.8 Å². The van der Waals surface area contributed by atoms with Gasteiger partial charge in [0, 0.05) is 23.1 Å². The molecule has 1 heterocycles. The number of hydrogen-bond donors (Lipinski definition) is 1. The van der Waals surface area contributed by atoms with Crippen molar-refractivity contribution < 1.29 is 17.9 Å². The maximum Gasteiger partial charge on any atom is 0.243 e. The monoisotopic (exact) mass is 470 g/mol. The van der Waals surface area contributed by atoms with Crippen LogP contribution in [0.3, 0.4) is 0 Å². The molecule has 0 saturated carbocycles. The van der Waals surface area contributed by atoms with Gasteiger partial charge in [-0.2, -0.15) is 4.31 Å². The van der Waals surface area contributed by atoms with Crippen LogP contribution in [0.25, 0.3) is 0 Å². The first-order valence-electron chi connectivity index (χ1n) is 9.73. The molecule has 30 heavy (non-hydrogen) atoms. The minimum Gasteiger partial charge on any atom is -0.495 e. The third-order valence-electron chi connectivity index (χ3n) is 5.01. The molecule has 1 N–H and O–H groups in total. The number of halogens is 2. The lowest BCUT2D eigenvalue weighted by atomic mass is 10.1. The van der Waals surface area contributed by atoms with Gasteiger partial charge < -0.3 is 10.1 Å². The molecule has 0 aromatic heterocycles. The lowest BCUT2D eigenvalue weighted by Crippen LogP contribution is -2.32. The summed E-state index contributed by atoms with van der Waals surface area (Å²) in [5.74, 6) is 0.0298. The first-order valence-corrected chi connectivity index (χ1v) is 11.9. The van der Waals surface area contributed by atoms with E-state index in [0.717, 1.165) is 25.7 Å². The second-order valence-corrected chi connectivity index (χ2v) is 9.92. The number of nitrogens with one attached hydrogen (secondary N) is 1. The molecule has 1 amide bonds. The summed E-state index contributed by atoms with van der Waals surface area (Å²) in [6.07, 6.45) is 3.77. The fraction of sp³-hybridized carbons (Fsp3) is 0.381. The lowest BCUT2D eigenvalue weighted by molar-refractivity contribution is -0.115. The number of methoxy groups -OCH3 is 1. The predicted molar refractivity (Wildman–Crippen MR) is 119 cm³/mol. The molecule has 2 aromatic carbocycles. The van der Waals surface area contributed by atoms with Crippen molar-refractivity contribution in [3.8, 4) is 5.75 Å². The van der Waals surface area contributed by atoms with Crippen LogP contribution in [0.4, 0.5) is 5.69 Å². The van der Waals surface area contributed by atoms with Gasteiger partial charge in [-0.1, -0.05) is 42.1 Å². The van der Waals surface area contributed by atoms with Crippen molar-refractivity contribution in [2.24, 2.45) is 0 Å². The molecule has 6 nitrogen and oxygen atoms in total. The first-order chi connectivity index (χ1) is 14.3. The smallest absolute Gasteiger partial charge is 0.243 e. The van der Waals surface area contributed by atoms with E-state index in [-0.39, 0.29) is 17.2 Å². The van der Waals surface area contributed by atoms with Crippen LogP contribution < -0.4 is 10.1 Å². The average molecular weight is 471 g/mol. The highest BCUT2D eigenvalue weighted by Gasteiger charge is 2.26. The van der Waals surface area contributed by atoms with Crippen molar-refractivity contribution in [2.45, 2.75) is 37.0 Å². The van der Waals surface area contributed by atoms with E-state index in [1.165, 1.54) is 23.5 Å². The zero-order valence-electron chi connectivity index (χ0n) is 16.7. The Balaban J connectivity index is 1.82. The molecular formula is C21H24Cl2N2O4S. The van der Waals surface area contributed by atoms with Crippen LogP contribution in [-0.2, 0) is 21.2 Å². The standard InChI is InChI=1S/C21H24Cl2N2O4S/c1-29-20-9-8-17(30(27,28)25-10-4-2-3-5-11-25)14-19(20)24-21(26)12-15-6-7-16(22)13-18(15)23/h6-9,13-14H,2-5,10-12H2,1H3,(H,24,26). The summed E-state index contributed by atoms with van der Waals surface area (Å²) in [6, 6.07) is 9.41. The van der Waals surface area contributed by atoms with E-state index < -0.39 is 10.0 Å². The Morgan fingerprint density at radius 2 is 1.77 bits per heavy atom. The van der Waals surface area contributed by atoms with E-state index in [0.29, 0.717) is 40.1 Å². The molecule has 1 aliphatic rings. The molecule has 0 atom stereocenters. The van der Waals surface area contributed by atoms with Crippen LogP contribution in [0.2, 0.25) is 10.0 Å². The van der Waals surface area contributed by atoms with Crippen molar-refractivity contribution in [1.29, 1.82) is 0 Å². The SMILES string of the molecule is COc1ccc(S(=O)(=O)N2CCCCCC2)cc1NC(=O)Cc1ccc(Cl)cc1Cl. The number of anilines is 1.